The van der Waals surface area contributed by atoms with Crippen LogP contribution in [-0.2, 0) is 10.0 Å². The summed E-state index contributed by atoms with van der Waals surface area (Å²) in [6.07, 6.45) is 0. The van der Waals surface area contributed by atoms with E-state index in [1.807, 2.05) is 45.0 Å². The molecule has 7 heteroatoms. The maximum Gasteiger partial charge on any atom is 0.257 e. The van der Waals surface area contributed by atoms with Crippen LogP contribution in [0.3, 0.4) is 0 Å². The number of anilines is 1. The smallest absolute Gasteiger partial charge is 0.257 e. The van der Waals surface area contributed by atoms with Gasteiger partial charge < -0.3 is 5.32 Å². The minimum absolute atomic E-state index is 0.143. The average molecular weight is 412 g/mol. The second-order valence-electron chi connectivity index (χ2n) is 7.47. The first-order valence-corrected chi connectivity index (χ1v) is 10.7. The van der Waals surface area contributed by atoms with Crippen LogP contribution in [0.15, 0.2) is 41.3 Å². The molecule has 3 rings (SSSR count). The van der Waals surface area contributed by atoms with Crippen LogP contribution in [0.25, 0.3) is 10.9 Å². The maximum absolute atomic E-state index is 13.0. The van der Waals surface area contributed by atoms with Gasteiger partial charge in [0.05, 0.1) is 21.7 Å². The number of aromatic nitrogens is 1. The predicted molar refractivity (Wildman–Crippen MR) is 116 cm³/mol. The molecule has 3 aromatic rings. The lowest BCUT2D eigenvalue weighted by Crippen LogP contribution is -2.23. The molecule has 1 aromatic heterocycles. The molecular weight excluding hydrogens is 386 g/mol. The molecule has 0 radical (unpaired) electrons. The van der Waals surface area contributed by atoms with Crippen LogP contribution in [0, 0.1) is 27.7 Å². The minimum Gasteiger partial charge on any atom is -0.322 e. The molecule has 29 heavy (non-hydrogen) atoms. The highest BCUT2D eigenvalue weighted by molar-refractivity contribution is 7.89. The van der Waals surface area contributed by atoms with E-state index < -0.39 is 10.0 Å². The molecule has 0 spiro atoms. The minimum atomic E-state index is -3.61. The van der Waals surface area contributed by atoms with E-state index in [0.29, 0.717) is 16.9 Å². The van der Waals surface area contributed by atoms with Crippen molar-refractivity contribution in [2.75, 3.05) is 19.4 Å². The fourth-order valence-corrected chi connectivity index (χ4v) is 4.14. The summed E-state index contributed by atoms with van der Waals surface area (Å²) in [5, 5.41) is 3.76. The second kappa shape index (κ2) is 7.57. The number of pyridine rings is 1. The van der Waals surface area contributed by atoms with Crippen molar-refractivity contribution in [3.8, 4) is 0 Å². The number of aryl methyl sites for hydroxylation is 3. The molecule has 0 atom stereocenters. The molecule has 2 aromatic carbocycles. The van der Waals surface area contributed by atoms with Crippen LogP contribution >= 0.6 is 0 Å². The molecule has 0 aliphatic heterocycles. The van der Waals surface area contributed by atoms with Crippen LogP contribution < -0.4 is 5.32 Å². The Hall–Kier alpha value is -2.77. The van der Waals surface area contributed by atoms with Gasteiger partial charge in [-0.05, 0) is 69.2 Å². The van der Waals surface area contributed by atoms with Crippen LogP contribution in [0.1, 0.15) is 32.7 Å². The summed E-state index contributed by atoms with van der Waals surface area (Å²) in [6, 6.07) is 10.8. The van der Waals surface area contributed by atoms with E-state index >= 15 is 0 Å². The molecule has 0 fully saturated rings. The van der Waals surface area contributed by atoms with Crippen LogP contribution in [-0.4, -0.2) is 37.7 Å². The first-order valence-electron chi connectivity index (χ1n) is 9.24. The normalized spacial score (nSPS) is 11.8. The summed E-state index contributed by atoms with van der Waals surface area (Å²) < 4.78 is 26.2. The van der Waals surface area contributed by atoms with E-state index in [1.54, 1.807) is 13.0 Å². The quantitative estimate of drug-likeness (QED) is 0.704. The van der Waals surface area contributed by atoms with Crippen LogP contribution in [0.5, 0.6) is 0 Å². The van der Waals surface area contributed by atoms with Gasteiger partial charge in [0.25, 0.3) is 5.91 Å². The standard InChI is InChI=1S/C22H25N3O3S/c1-13-7-8-20-17(9-13)11-19(16(4)23-20)22(26)24-21-12-18(10-14(2)15(21)3)29(27,28)25(5)6/h7-12H,1-6H3,(H,24,26). The first kappa shape index (κ1) is 21.0. The third-order valence-electron chi connectivity index (χ3n) is 5.07. The average Bonchev–Trinajstić information content (AvgIpc) is 2.64. The van der Waals surface area contributed by atoms with Crippen molar-refractivity contribution in [3.63, 3.8) is 0 Å². The zero-order valence-electron chi connectivity index (χ0n) is 17.5. The first-order chi connectivity index (χ1) is 13.5. The summed E-state index contributed by atoms with van der Waals surface area (Å²) in [5.41, 5.74) is 5.06. The van der Waals surface area contributed by atoms with Crippen molar-refractivity contribution in [1.29, 1.82) is 0 Å². The third kappa shape index (κ3) is 4.02. The summed E-state index contributed by atoms with van der Waals surface area (Å²) >= 11 is 0. The van der Waals surface area contributed by atoms with Gasteiger partial charge in [-0.1, -0.05) is 11.6 Å². The molecule has 152 valence electrons. The van der Waals surface area contributed by atoms with Gasteiger partial charge in [-0.3, -0.25) is 9.78 Å². The van der Waals surface area contributed by atoms with Gasteiger partial charge in [0.2, 0.25) is 10.0 Å². The number of benzene rings is 2. The van der Waals surface area contributed by atoms with Gasteiger partial charge >= 0.3 is 0 Å². The number of carbonyl (C=O) groups excluding carboxylic acids is 1. The third-order valence-corrected chi connectivity index (χ3v) is 6.87. The molecular formula is C22H25N3O3S. The SMILES string of the molecule is Cc1ccc2nc(C)c(C(=O)Nc3cc(S(=O)(=O)N(C)C)cc(C)c3C)cc2c1. The van der Waals surface area contributed by atoms with E-state index in [0.717, 1.165) is 31.9 Å². The summed E-state index contributed by atoms with van der Waals surface area (Å²) in [4.78, 5) is 17.7. The zero-order chi connectivity index (χ0) is 21.5. The fraction of sp³-hybridized carbons (Fsp3) is 0.273. The molecule has 0 aliphatic carbocycles. The van der Waals surface area contributed by atoms with Gasteiger partial charge in [0, 0.05) is 25.2 Å². The van der Waals surface area contributed by atoms with Crippen molar-refractivity contribution < 1.29 is 13.2 Å². The van der Waals surface area contributed by atoms with E-state index in [9.17, 15) is 13.2 Å². The predicted octanol–water partition coefficient (Wildman–Crippen LogP) is 3.97. The Morgan fingerprint density at radius 1 is 1.00 bits per heavy atom. The summed E-state index contributed by atoms with van der Waals surface area (Å²) in [6.45, 7) is 7.46. The van der Waals surface area contributed by atoms with Gasteiger partial charge in [0.15, 0.2) is 0 Å². The lowest BCUT2D eigenvalue weighted by Gasteiger charge is -2.17. The lowest BCUT2D eigenvalue weighted by molar-refractivity contribution is 0.102. The van der Waals surface area contributed by atoms with Crippen molar-refractivity contribution in [2.45, 2.75) is 32.6 Å². The monoisotopic (exact) mass is 411 g/mol. The fourth-order valence-electron chi connectivity index (χ4n) is 3.13. The Labute approximate surface area is 171 Å². The van der Waals surface area contributed by atoms with Crippen molar-refractivity contribution in [1.82, 2.24) is 9.29 Å². The van der Waals surface area contributed by atoms with Crippen LogP contribution in [0.4, 0.5) is 5.69 Å². The highest BCUT2D eigenvalue weighted by Gasteiger charge is 2.21. The molecule has 0 bridgehead atoms. The van der Waals surface area contributed by atoms with E-state index in [1.165, 1.54) is 20.2 Å². The number of nitrogens with one attached hydrogen (secondary N) is 1. The Morgan fingerprint density at radius 3 is 2.34 bits per heavy atom. The van der Waals surface area contributed by atoms with Gasteiger partial charge in [0.1, 0.15) is 0 Å². The van der Waals surface area contributed by atoms with Crippen molar-refractivity contribution in [2.24, 2.45) is 0 Å². The molecule has 0 aliphatic rings. The molecule has 0 saturated heterocycles. The molecule has 1 amide bonds. The number of nitrogens with zero attached hydrogens (tertiary/aromatic N) is 2. The number of hydrogen-bond acceptors (Lipinski definition) is 4. The number of rotatable bonds is 4. The Bertz CT molecular complexity index is 1230. The Kier molecular flexibility index (Phi) is 5.47. The zero-order valence-corrected chi connectivity index (χ0v) is 18.3. The number of amides is 1. The van der Waals surface area contributed by atoms with Gasteiger partial charge in [-0.2, -0.15) is 0 Å². The molecule has 0 unspecified atom stereocenters. The summed E-state index contributed by atoms with van der Waals surface area (Å²) in [7, 11) is -0.649. The lowest BCUT2D eigenvalue weighted by atomic mass is 10.1. The Balaban J connectivity index is 2.04. The topological polar surface area (TPSA) is 79.4 Å². The maximum atomic E-state index is 13.0. The summed E-state index contributed by atoms with van der Waals surface area (Å²) in [5.74, 6) is -0.319. The van der Waals surface area contributed by atoms with E-state index in [4.69, 9.17) is 0 Å². The number of hydrogen-bond donors (Lipinski definition) is 1. The largest absolute Gasteiger partial charge is 0.322 e. The van der Waals surface area contributed by atoms with Gasteiger partial charge in [-0.15, -0.1) is 0 Å². The van der Waals surface area contributed by atoms with E-state index in [2.05, 4.69) is 10.3 Å². The van der Waals surface area contributed by atoms with Crippen LogP contribution in [0.2, 0.25) is 0 Å². The highest BCUT2D eigenvalue weighted by atomic mass is 32.2. The number of carbonyl (C=O) groups is 1. The number of sulfonamides is 1. The highest BCUT2D eigenvalue weighted by Crippen LogP contribution is 2.27. The molecule has 1 heterocycles. The molecule has 6 nitrogen and oxygen atoms in total. The van der Waals surface area contributed by atoms with Crippen molar-refractivity contribution in [3.05, 3.63) is 64.3 Å². The van der Waals surface area contributed by atoms with Gasteiger partial charge in [-0.25, -0.2) is 12.7 Å². The van der Waals surface area contributed by atoms with Crippen molar-refractivity contribution >= 4 is 32.5 Å². The number of fused-ring (bicyclic) bond motifs is 1. The Morgan fingerprint density at radius 2 is 1.69 bits per heavy atom. The molecule has 0 saturated carbocycles. The molecule has 1 N–H and O–H groups in total. The van der Waals surface area contributed by atoms with E-state index in [-0.39, 0.29) is 10.8 Å². The second-order valence-corrected chi connectivity index (χ2v) is 9.62.